The van der Waals surface area contributed by atoms with Crippen molar-refractivity contribution in [2.24, 2.45) is 5.10 Å². The summed E-state index contributed by atoms with van der Waals surface area (Å²) in [5, 5.41) is 6.15. The van der Waals surface area contributed by atoms with Crippen LogP contribution in [0.5, 0.6) is 5.75 Å². The number of amides is 2. The van der Waals surface area contributed by atoms with Crippen molar-refractivity contribution in [3.05, 3.63) is 66.2 Å². The predicted octanol–water partition coefficient (Wildman–Crippen LogP) is 2.45. The van der Waals surface area contributed by atoms with E-state index in [4.69, 9.17) is 4.74 Å². The fraction of sp³-hybridized carbons (Fsp3) is 0.0556. The van der Waals surface area contributed by atoms with Crippen LogP contribution in [0.2, 0.25) is 0 Å². The van der Waals surface area contributed by atoms with Crippen LogP contribution in [0.4, 0.5) is 5.69 Å². The number of rotatable bonds is 5. The molecule has 0 spiro atoms. The Bertz CT molecular complexity index is 738. The Morgan fingerprint density at radius 1 is 1.00 bits per heavy atom. The summed E-state index contributed by atoms with van der Waals surface area (Å²) >= 11 is 0. The lowest BCUT2D eigenvalue weighted by Crippen LogP contribution is -2.32. The Morgan fingerprint density at radius 2 is 1.71 bits per heavy atom. The molecule has 6 heteroatoms. The molecule has 0 saturated carbocycles. The van der Waals surface area contributed by atoms with Crippen LogP contribution in [0.25, 0.3) is 6.08 Å². The third kappa shape index (κ3) is 5.42. The Labute approximate surface area is 139 Å². The number of allylic oxidation sites excluding steroid dienone is 1. The Morgan fingerprint density at radius 3 is 2.38 bits per heavy atom. The summed E-state index contributed by atoms with van der Waals surface area (Å²) in [5.41, 5.74) is 3.65. The number of nitrogens with one attached hydrogen (secondary N) is 2. The van der Waals surface area contributed by atoms with Gasteiger partial charge in [0.25, 0.3) is 0 Å². The molecule has 0 aromatic heterocycles. The van der Waals surface area contributed by atoms with Crippen LogP contribution >= 0.6 is 0 Å². The van der Waals surface area contributed by atoms with Crippen LogP contribution in [0, 0.1) is 0 Å². The summed E-state index contributed by atoms with van der Waals surface area (Å²) in [6.07, 6.45) is 4.88. The van der Waals surface area contributed by atoms with Crippen LogP contribution < -0.4 is 15.5 Å². The lowest BCUT2D eigenvalue weighted by Gasteiger charge is -2.04. The molecular formula is C18H17N3O3. The van der Waals surface area contributed by atoms with E-state index in [1.165, 1.54) is 6.21 Å². The average Bonchev–Trinajstić information content (AvgIpc) is 2.62. The van der Waals surface area contributed by atoms with E-state index in [1.807, 2.05) is 36.4 Å². The number of methoxy groups -OCH3 is 1. The first-order chi connectivity index (χ1) is 11.7. The maximum Gasteiger partial charge on any atom is 0.329 e. The summed E-state index contributed by atoms with van der Waals surface area (Å²) in [4.78, 5) is 23.3. The minimum atomic E-state index is -0.852. The highest BCUT2D eigenvalue weighted by molar-refractivity contribution is 6.39. The zero-order chi connectivity index (χ0) is 17.2. The van der Waals surface area contributed by atoms with Crippen molar-refractivity contribution in [2.45, 2.75) is 0 Å². The fourth-order valence-corrected chi connectivity index (χ4v) is 1.77. The number of hydrazone groups is 1. The van der Waals surface area contributed by atoms with Gasteiger partial charge in [0.15, 0.2) is 0 Å². The van der Waals surface area contributed by atoms with Crippen molar-refractivity contribution in [2.75, 3.05) is 12.4 Å². The van der Waals surface area contributed by atoms with E-state index >= 15 is 0 Å². The van der Waals surface area contributed by atoms with E-state index in [9.17, 15) is 9.59 Å². The molecule has 2 rings (SSSR count). The SMILES string of the molecule is COc1ccc(NC(=O)C(=O)N/N=C/C=C/c2ccccc2)cc1. The molecule has 24 heavy (non-hydrogen) atoms. The van der Waals surface area contributed by atoms with Crippen molar-refractivity contribution in [1.29, 1.82) is 0 Å². The van der Waals surface area contributed by atoms with Gasteiger partial charge in [-0.05, 0) is 35.9 Å². The van der Waals surface area contributed by atoms with Crippen LogP contribution in [0.1, 0.15) is 5.56 Å². The maximum absolute atomic E-state index is 11.7. The number of carbonyl (C=O) groups is 2. The van der Waals surface area contributed by atoms with Crippen molar-refractivity contribution in [1.82, 2.24) is 5.43 Å². The van der Waals surface area contributed by atoms with Crippen LogP contribution in [0.3, 0.4) is 0 Å². The molecule has 0 aliphatic heterocycles. The molecule has 2 N–H and O–H groups in total. The highest BCUT2D eigenvalue weighted by Gasteiger charge is 2.12. The van der Waals surface area contributed by atoms with E-state index in [1.54, 1.807) is 37.5 Å². The molecule has 0 bridgehead atoms. The summed E-state index contributed by atoms with van der Waals surface area (Å²) in [7, 11) is 1.55. The second-order valence-corrected chi connectivity index (χ2v) is 4.67. The molecule has 2 amide bonds. The molecule has 0 aliphatic carbocycles. The lowest BCUT2D eigenvalue weighted by atomic mass is 10.2. The average molecular weight is 323 g/mol. The molecule has 0 unspecified atom stereocenters. The quantitative estimate of drug-likeness (QED) is 0.504. The van der Waals surface area contributed by atoms with Crippen molar-refractivity contribution in [3.8, 4) is 5.75 Å². The summed E-state index contributed by atoms with van der Waals surface area (Å²) < 4.78 is 5.01. The van der Waals surface area contributed by atoms with Gasteiger partial charge in [0.2, 0.25) is 0 Å². The number of hydrogen-bond acceptors (Lipinski definition) is 4. The van der Waals surface area contributed by atoms with Crippen LogP contribution in [-0.2, 0) is 9.59 Å². The van der Waals surface area contributed by atoms with Crippen LogP contribution in [-0.4, -0.2) is 25.1 Å². The number of anilines is 1. The zero-order valence-electron chi connectivity index (χ0n) is 13.1. The predicted molar refractivity (Wildman–Crippen MR) is 93.7 cm³/mol. The first-order valence-corrected chi connectivity index (χ1v) is 7.19. The van der Waals surface area contributed by atoms with Gasteiger partial charge < -0.3 is 10.1 Å². The molecule has 122 valence electrons. The molecule has 0 saturated heterocycles. The van der Waals surface area contributed by atoms with Gasteiger partial charge in [-0.2, -0.15) is 5.10 Å². The van der Waals surface area contributed by atoms with E-state index in [-0.39, 0.29) is 0 Å². The van der Waals surface area contributed by atoms with Gasteiger partial charge in [-0.1, -0.05) is 36.4 Å². The molecule has 2 aromatic rings. The molecule has 0 atom stereocenters. The van der Waals surface area contributed by atoms with Crippen LogP contribution in [0.15, 0.2) is 65.8 Å². The molecular weight excluding hydrogens is 306 g/mol. The van der Waals surface area contributed by atoms with Crippen molar-refractivity contribution in [3.63, 3.8) is 0 Å². The molecule has 2 aromatic carbocycles. The summed E-state index contributed by atoms with van der Waals surface area (Å²) in [5.74, 6) is -0.994. The lowest BCUT2D eigenvalue weighted by molar-refractivity contribution is -0.136. The standard InChI is InChI=1S/C18H17N3O3/c1-24-16-11-9-15(10-12-16)20-17(22)18(23)21-19-13-5-8-14-6-3-2-4-7-14/h2-13H,1H3,(H,20,22)(H,21,23)/b8-5+,19-13+. The fourth-order valence-electron chi connectivity index (χ4n) is 1.77. The van der Waals surface area contributed by atoms with Gasteiger partial charge >= 0.3 is 11.8 Å². The third-order valence-electron chi connectivity index (χ3n) is 2.97. The van der Waals surface area contributed by atoms with Gasteiger partial charge in [-0.3, -0.25) is 9.59 Å². The molecule has 0 radical (unpaired) electrons. The third-order valence-corrected chi connectivity index (χ3v) is 2.97. The second-order valence-electron chi connectivity index (χ2n) is 4.67. The van der Waals surface area contributed by atoms with E-state index in [0.717, 1.165) is 5.56 Å². The normalized spacial score (nSPS) is 10.7. The highest BCUT2D eigenvalue weighted by atomic mass is 16.5. The molecule has 6 nitrogen and oxygen atoms in total. The molecule has 0 aliphatic rings. The highest BCUT2D eigenvalue weighted by Crippen LogP contribution is 2.14. The maximum atomic E-state index is 11.7. The molecule has 0 fully saturated rings. The summed E-state index contributed by atoms with van der Waals surface area (Å²) in [6, 6.07) is 16.3. The number of benzene rings is 2. The molecule has 0 heterocycles. The van der Waals surface area contributed by atoms with Gasteiger partial charge in [-0.25, -0.2) is 5.43 Å². The van der Waals surface area contributed by atoms with Gasteiger partial charge in [-0.15, -0.1) is 0 Å². The number of nitrogens with zero attached hydrogens (tertiary/aromatic N) is 1. The van der Waals surface area contributed by atoms with E-state index in [0.29, 0.717) is 11.4 Å². The van der Waals surface area contributed by atoms with Gasteiger partial charge in [0.1, 0.15) is 5.75 Å². The Kier molecular flexibility index (Phi) is 6.28. The summed E-state index contributed by atoms with van der Waals surface area (Å²) in [6.45, 7) is 0. The van der Waals surface area contributed by atoms with Crippen molar-refractivity contribution >= 4 is 29.8 Å². The van der Waals surface area contributed by atoms with Gasteiger partial charge in [0, 0.05) is 11.9 Å². The second kappa shape index (κ2) is 8.89. The smallest absolute Gasteiger partial charge is 0.329 e. The van der Waals surface area contributed by atoms with E-state index < -0.39 is 11.8 Å². The Hall–Kier alpha value is -3.41. The minimum absolute atomic E-state index is 0.490. The number of carbonyl (C=O) groups excluding carboxylic acids is 2. The van der Waals surface area contributed by atoms with E-state index in [2.05, 4.69) is 15.8 Å². The topological polar surface area (TPSA) is 79.8 Å². The first-order valence-electron chi connectivity index (χ1n) is 7.19. The number of ether oxygens (including phenoxy) is 1. The first kappa shape index (κ1) is 17.0. The Balaban J connectivity index is 1.79. The van der Waals surface area contributed by atoms with Crippen molar-refractivity contribution < 1.29 is 14.3 Å². The zero-order valence-corrected chi connectivity index (χ0v) is 13.1. The largest absolute Gasteiger partial charge is 0.497 e. The monoisotopic (exact) mass is 323 g/mol. The van der Waals surface area contributed by atoms with Gasteiger partial charge in [0.05, 0.1) is 7.11 Å². The number of hydrogen-bond donors (Lipinski definition) is 2. The minimum Gasteiger partial charge on any atom is -0.497 e.